The van der Waals surface area contributed by atoms with E-state index in [1.165, 1.54) is 6.20 Å². The molecule has 3 aromatic rings. The van der Waals surface area contributed by atoms with Gasteiger partial charge in [0.2, 0.25) is 0 Å². The third kappa shape index (κ3) is 5.48. The van der Waals surface area contributed by atoms with Crippen molar-refractivity contribution in [1.82, 2.24) is 19.7 Å². The van der Waals surface area contributed by atoms with E-state index in [4.69, 9.17) is 4.74 Å². The zero-order valence-electron chi connectivity index (χ0n) is 17.1. The number of nitrogens with one attached hydrogen (secondary N) is 1. The number of hydrogen-bond acceptors (Lipinski definition) is 4. The summed E-state index contributed by atoms with van der Waals surface area (Å²) in [4.78, 5) is 19.7. The summed E-state index contributed by atoms with van der Waals surface area (Å²) in [5.74, 6) is 0. The van der Waals surface area contributed by atoms with Crippen LogP contribution in [0.3, 0.4) is 0 Å². The number of aromatic nitrogens is 3. The first kappa shape index (κ1) is 23.4. The van der Waals surface area contributed by atoms with Crippen LogP contribution in [0.25, 0.3) is 16.9 Å². The Morgan fingerprint density at radius 2 is 1.59 bits per heavy atom. The fraction of sp³-hybridized carbons (Fsp3) is 0.350. The van der Waals surface area contributed by atoms with Gasteiger partial charge in [0.25, 0.3) is 0 Å². The Morgan fingerprint density at radius 1 is 0.969 bits per heavy atom. The molecule has 0 fully saturated rings. The van der Waals surface area contributed by atoms with Crippen LogP contribution in [0.2, 0.25) is 0 Å². The molecule has 1 N–H and O–H groups in total. The molecule has 0 saturated heterocycles. The van der Waals surface area contributed by atoms with Gasteiger partial charge in [-0.3, -0.25) is 0 Å². The molecule has 2 aromatic heterocycles. The van der Waals surface area contributed by atoms with Crippen molar-refractivity contribution in [3.05, 3.63) is 53.6 Å². The van der Waals surface area contributed by atoms with Crippen LogP contribution in [0.1, 0.15) is 37.7 Å². The Balaban J connectivity index is 2.02. The molecule has 3 rings (SSSR count). The summed E-state index contributed by atoms with van der Waals surface area (Å²) in [6.45, 7) is 4.77. The molecule has 172 valence electrons. The van der Waals surface area contributed by atoms with Crippen LogP contribution in [0, 0.1) is 0 Å². The highest BCUT2D eigenvalue weighted by Gasteiger charge is 2.35. The molecular formula is C20H18F6N4O2. The molecule has 12 heteroatoms. The first-order valence-electron chi connectivity index (χ1n) is 9.24. The lowest BCUT2D eigenvalue weighted by molar-refractivity contribution is -0.141. The van der Waals surface area contributed by atoms with Gasteiger partial charge in [0.1, 0.15) is 11.3 Å². The minimum absolute atomic E-state index is 0.0716. The van der Waals surface area contributed by atoms with E-state index in [2.05, 4.69) is 15.3 Å². The summed E-state index contributed by atoms with van der Waals surface area (Å²) in [5.41, 5.74) is -2.87. The van der Waals surface area contributed by atoms with E-state index >= 15 is 0 Å². The zero-order valence-corrected chi connectivity index (χ0v) is 17.1. The first-order chi connectivity index (χ1) is 14.6. The predicted molar refractivity (Wildman–Crippen MR) is 102 cm³/mol. The molecule has 0 bridgehead atoms. The maximum Gasteiger partial charge on any atom is 0.434 e. The topological polar surface area (TPSA) is 68.5 Å². The van der Waals surface area contributed by atoms with E-state index < -0.39 is 35.3 Å². The molecule has 0 unspecified atom stereocenters. The lowest BCUT2D eigenvalue weighted by atomic mass is 10.1. The van der Waals surface area contributed by atoms with Crippen molar-refractivity contribution in [2.45, 2.75) is 45.3 Å². The third-order valence-corrected chi connectivity index (χ3v) is 4.08. The van der Waals surface area contributed by atoms with Crippen LogP contribution in [-0.4, -0.2) is 26.1 Å². The summed E-state index contributed by atoms with van der Waals surface area (Å²) >= 11 is 0. The predicted octanol–water partition coefficient (Wildman–Crippen LogP) is 5.46. The fourth-order valence-electron chi connectivity index (χ4n) is 2.76. The number of carbonyl (C=O) groups excluding carboxylic acids is 1. The smallest absolute Gasteiger partial charge is 0.434 e. The van der Waals surface area contributed by atoms with Crippen LogP contribution in [0.4, 0.5) is 31.1 Å². The second kappa shape index (κ2) is 7.99. The normalized spacial score (nSPS) is 12.8. The van der Waals surface area contributed by atoms with Gasteiger partial charge in [-0.25, -0.2) is 14.8 Å². The Bertz CT molecular complexity index is 1130. The number of imidazole rings is 1. The monoisotopic (exact) mass is 460 g/mol. The molecule has 0 atom stereocenters. The number of benzene rings is 1. The number of fused-ring (bicyclic) bond motifs is 1. The number of hydrogen-bond donors (Lipinski definition) is 1. The second-order valence-electron chi connectivity index (χ2n) is 7.87. The number of alkyl halides is 6. The molecule has 0 aliphatic heterocycles. The average molecular weight is 460 g/mol. The first-order valence-corrected chi connectivity index (χ1v) is 9.24. The summed E-state index contributed by atoms with van der Waals surface area (Å²) in [7, 11) is 0. The lowest BCUT2D eigenvalue weighted by Gasteiger charge is -2.19. The van der Waals surface area contributed by atoms with Crippen molar-refractivity contribution in [1.29, 1.82) is 0 Å². The van der Waals surface area contributed by atoms with Gasteiger partial charge < -0.3 is 14.5 Å². The van der Waals surface area contributed by atoms with E-state index in [9.17, 15) is 31.1 Å². The number of ether oxygens (including phenoxy) is 1. The van der Waals surface area contributed by atoms with E-state index in [1.807, 2.05) is 0 Å². The van der Waals surface area contributed by atoms with Gasteiger partial charge in [-0.1, -0.05) is 12.1 Å². The number of halogens is 6. The van der Waals surface area contributed by atoms with Gasteiger partial charge in [0.15, 0.2) is 11.3 Å². The minimum Gasteiger partial charge on any atom is -0.444 e. The van der Waals surface area contributed by atoms with E-state index in [0.29, 0.717) is 0 Å². The van der Waals surface area contributed by atoms with Crippen LogP contribution >= 0.6 is 0 Å². The Morgan fingerprint density at radius 3 is 2.12 bits per heavy atom. The quantitative estimate of drug-likeness (QED) is 0.528. The Kier molecular flexibility index (Phi) is 5.83. The molecule has 0 aliphatic rings. The number of rotatable bonds is 3. The Labute approximate surface area is 178 Å². The van der Waals surface area contributed by atoms with Gasteiger partial charge in [0.05, 0.1) is 17.8 Å². The maximum absolute atomic E-state index is 13.2. The molecule has 0 saturated carbocycles. The van der Waals surface area contributed by atoms with E-state index in [0.717, 1.165) is 34.9 Å². The SMILES string of the molecule is CC(C)(C)OC(=O)NCc1cn2cc(C(F)(F)F)nc2c(-c2ccc(C(F)(F)F)cc2)n1. The van der Waals surface area contributed by atoms with Crippen LogP contribution < -0.4 is 5.32 Å². The van der Waals surface area contributed by atoms with Crippen molar-refractivity contribution >= 4 is 11.7 Å². The van der Waals surface area contributed by atoms with Gasteiger partial charge in [-0.05, 0) is 32.9 Å². The van der Waals surface area contributed by atoms with Crippen molar-refractivity contribution < 1.29 is 35.9 Å². The molecule has 32 heavy (non-hydrogen) atoms. The molecule has 6 nitrogen and oxygen atoms in total. The molecule has 0 radical (unpaired) electrons. The fourth-order valence-corrected chi connectivity index (χ4v) is 2.76. The second-order valence-corrected chi connectivity index (χ2v) is 7.87. The lowest BCUT2D eigenvalue weighted by Crippen LogP contribution is -2.32. The molecular weight excluding hydrogens is 442 g/mol. The standard InChI is InChI=1S/C20H18F6N4O2/c1-18(2,3)32-17(31)27-8-13-9-30-10-14(20(24,25)26)29-16(30)15(28-13)11-4-6-12(7-5-11)19(21,22)23/h4-7,9-10H,8H2,1-3H3,(H,27,31). The van der Waals surface area contributed by atoms with Gasteiger partial charge in [-0.15, -0.1) is 0 Å². The van der Waals surface area contributed by atoms with Gasteiger partial charge in [0, 0.05) is 18.0 Å². The van der Waals surface area contributed by atoms with Crippen molar-refractivity contribution in [3.63, 3.8) is 0 Å². The third-order valence-electron chi connectivity index (χ3n) is 4.08. The Hall–Kier alpha value is -3.31. The van der Waals surface area contributed by atoms with Crippen molar-refractivity contribution in [2.24, 2.45) is 0 Å². The molecule has 0 spiro atoms. The van der Waals surface area contributed by atoms with E-state index in [-0.39, 0.29) is 29.1 Å². The van der Waals surface area contributed by atoms with Crippen LogP contribution in [0.5, 0.6) is 0 Å². The number of nitrogens with zero attached hydrogens (tertiary/aromatic N) is 3. The maximum atomic E-state index is 13.2. The summed E-state index contributed by atoms with van der Waals surface area (Å²) in [5, 5.41) is 2.44. The van der Waals surface area contributed by atoms with Crippen molar-refractivity contribution in [2.75, 3.05) is 0 Å². The van der Waals surface area contributed by atoms with Gasteiger partial charge in [-0.2, -0.15) is 26.3 Å². The molecule has 0 aliphatic carbocycles. The highest BCUT2D eigenvalue weighted by molar-refractivity contribution is 5.74. The molecule has 2 heterocycles. The average Bonchev–Trinajstić information content (AvgIpc) is 3.08. The summed E-state index contributed by atoms with van der Waals surface area (Å²) in [6, 6.07) is 3.79. The van der Waals surface area contributed by atoms with Crippen LogP contribution in [0.15, 0.2) is 36.7 Å². The minimum atomic E-state index is -4.74. The summed E-state index contributed by atoms with van der Waals surface area (Å²) < 4.78 is 84.2. The van der Waals surface area contributed by atoms with E-state index in [1.54, 1.807) is 20.8 Å². The summed E-state index contributed by atoms with van der Waals surface area (Å²) in [6.07, 6.45) is -8.10. The van der Waals surface area contributed by atoms with Gasteiger partial charge >= 0.3 is 18.4 Å². The zero-order chi connectivity index (χ0) is 23.9. The largest absolute Gasteiger partial charge is 0.444 e. The number of alkyl carbamates (subject to hydrolysis) is 1. The highest BCUT2D eigenvalue weighted by Crippen LogP contribution is 2.33. The molecule has 1 aromatic carbocycles. The number of amides is 1. The highest BCUT2D eigenvalue weighted by atomic mass is 19.4. The van der Waals surface area contributed by atoms with Crippen LogP contribution in [-0.2, 0) is 23.6 Å². The molecule has 1 amide bonds. The number of carbonyl (C=O) groups is 1. The van der Waals surface area contributed by atoms with Crippen molar-refractivity contribution in [3.8, 4) is 11.3 Å².